The van der Waals surface area contributed by atoms with Crippen LogP contribution in [-0.4, -0.2) is 21.7 Å². The van der Waals surface area contributed by atoms with Gasteiger partial charge in [0, 0.05) is 23.8 Å². The van der Waals surface area contributed by atoms with E-state index >= 15 is 0 Å². The molecular formula is C25H26F4N4O. The SMILES string of the molecule is CC(C)(C)n1ccc([C@H]2C[C@@H](C(=O)Nc3cccc(F)c3)N[C@H]2c2ccc(C(F)(F)F)cc2)n1. The molecule has 3 atom stereocenters. The number of carbonyl (C=O) groups excluding carboxylic acids is 1. The molecule has 3 aromatic rings. The highest BCUT2D eigenvalue weighted by molar-refractivity contribution is 5.95. The van der Waals surface area contributed by atoms with Crippen LogP contribution in [0.15, 0.2) is 60.8 Å². The highest BCUT2D eigenvalue weighted by Crippen LogP contribution is 2.41. The summed E-state index contributed by atoms with van der Waals surface area (Å²) < 4.78 is 54.5. The van der Waals surface area contributed by atoms with Gasteiger partial charge in [-0.25, -0.2) is 4.39 Å². The van der Waals surface area contributed by atoms with Crippen molar-refractivity contribution in [3.63, 3.8) is 0 Å². The zero-order chi connectivity index (χ0) is 24.7. The molecule has 4 rings (SSSR count). The van der Waals surface area contributed by atoms with E-state index in [1.165, 1.54) is 30.3 Å². The number of benzene rings is 2. The Balaban J connectivity index is 1.62. The van der Waals surface area contributed by atoms with Crippen molar-refractivity contribution in [2.24, 2.45) is 0 Å². The predicted octanol–water partition coefficient (Wildman–Crippen LogP) is 5.62. The van der Waals surface area contributed by atoms with E-state index in [1.807, 2.05) is 37.7 Å². The van der Waals surface area contributed by atoms with E-state index in [2.05, 4.69) is 10.6 Å². The van der Waals surface area contributed by atoms with Crippen molar-refractivity contribution in [3.8, 4) is 0 Å². The number of amides is 1. The summed E-state index contributed by atoms with van der Waals surface area (Å²) in [6.45, 7) is 6.04. The zero-order valence-electron chi connectivity index (χ0n) is 19.0. The van der Waals surface area contributed by atoms with Gasteiger partial charge in [-0.1, -0.05) is 18.2 Å². The second-order valence-corrected chi connectivity index (χ2v) is 9.51. The summed E-state index contributed by atoms with van der Waals surface area (Å²) >= 11 is 0. The number of nitrogens with zero attached hydrogens (tertiary/aromatic N) is 2. The van der Waals surface area contributed by atoms with Crippen LogP contribution in [-0.2, 0) is 16.5 Å². The van der Waals surface area contributed by atoms with Gasteiger partial charge in [0.05, 0.1) is 22.8 Å². The second-order valence-electron chi connectivity index (χ2n) is 9.51. The lowest BCUT2D eigenvalue weighted by atomic mass is 9.90. The minimum absolute atomic E-state index is 0.247. The smallest absolute Gasteiger partial charge is 0.325 e. The number of hydrogen-bond acceptors (Lipinski definition) is 3. The molecular weight excluding hydrogens is 448 g/mol. The number of nitrogens with one attached hydrogen (secondary N) is 2. The lowest BCUT2D eigenvalue weighted by Crippen LogP contribution is -2.36. The van der Waals surface area contributed by atoms with Crippen LogP contribution in [0.3, 0.4) is 0 Å². The third kappa shape index (κ3) is 5.14. The standard InChI is InChI=1S/C25H26F4N4O/c1-24(2,3)33-12-11-20(32-33)19-14-21(23(34)30-18-6-4-5-17(26)13-18)31-22(19)15-7-9-16(10-8-15)25(27,28)29/h4-13,19,21-22,31H,14H2,1-3H3,(H,30,34)/t19-,21+,22+/m1/s1. The minimum atomic E-state index is -4.43. The predicted molar refractivity (Wildman–Crippen MR) is 121 cm³/mol. The quantitative estimate of drug-likeness (QED) is 0.483. The number of anilines is 1. The molecule has 180 valence electrons. The van der Waals surface area contributed by atoms with Crippen molar-refractivity contribution < 1.29 is 22.4 Å². The minimum Gasteiger partial charge on any atom is -0.325 e. The maximum atomic E-state index is 13.5. The first-order valence-electron chi connectivity index (χ1n) is 11.0. The number of carbonyl (C=O) groups is 1. The topological polar surface area (TPSA) is 59.0 Å². The van der Waals surface area contributed by atoms with E-state index in [0.29, 0.717) is 17.7 Å². The Morgan fingerprint density at radius 1 is 1.09 bits per heavy atom. The van der Waals surface area contributed by atoms with Crippen molar-refractivity contribution in [3.05, 3.63) is 83.4 Å². The summed E-state index contributed by atoms with van der Waals surface area (Å²) in [5.74, 6) is -1.06. The Labute approximate surface area is 195 Å². The van der Waals surface area contributed by atoms with Crippen molar-refractivity contribution in [1.82, 2.24) is 15.1 Å². The van der Waals surface area contributed by atoms with Gasteiger partial charge in [0.2, 0.25) is 5.91 Å². The third-order valence-corrected chi connectivity index (χ3v) is 5.96. The van der Waals surface area contributed by atoms with E-state index in [4.69, 9.17) is 5.10 Å². The zero-order valence-corrected chi connectivity index (χ0v) is 19.0. The van der Waals surface area contributed by atoms with Crippen molar-refractivity contribution in [1.29, 1.82) is 0 Å². The number of aromatic nitrogens is 2. The lowest BCUT2D eigenvalue weighted by Gasteiger charge is -2.21. The van der Waals surface area contributed by atoms with Gasteiger partial charge in [0.25, 0.3) is 0 Å². The molecule has 0 bridgehead atoms. The van der Waals surface area contributed by atoms with Gasteiger partial charge in [-0.3, -0.25) is 14.8 Å². The summed E-state index contributed by atoms with van der Waals surface area (Å²) in [6.07, 6.45) is -2.19. The van der Waals surface area contributed by atoms with Crippen molar-refractivity contribution >= 4 is 11.6 Å². The van der Waals surface area contributed by atoms with Crippen LogP contribution >= 0.6 is 0 Å². The number of rotatable bonds is 4. The van der Waals surface area contributed by atoms with E-state index in [9.17, 15) is 22.4 Å². The largest absolute Gasteiger partial charge is 0.416 e. The monoisotopic (exact) mass is 474 g/mol. The molecule has 0 unspecified atom stereocenters. The van der Waals surface area contributed by atoms with Crippen LogP contribution in [0.1, 0.15) is 56.0 Å². The fourth-order valence-corrected chi connectivity index (χ4v) is 4.18. The second kappa shape index (κ2) is 8.87. The molecule has 2 N–H and O–H groups in total. The lowest BCUT2D eigenvalue weighted by molar-refractivity contribution is -0.137. The number of hydrogen-bond donors (Lipinski definition) is 2. The fourth-order valence-electron chi connectivity index (χ4n) is 4.18. The first-order chi connectivity index (χ1) is 15.9. The molecule has 0 aliphatic carbocycles. The average molecular weight is 475 g/mol. The van der Waals surface area contributed by atoms with Crippen molar-refractivity contribution in [2.75, 3.05) is 5.32 Å². The molecule has 1 amide bonds. The van der Waals surface area contributed by atoms with Gasteiger partial charge >= 0.3 is 6.18 Å². The number of alkyl halides is 3. The molecule has 0 radical (unpaired) electrons. The fraction of sp³-hybridized carbons (Fsp3) is 0.360. The Kier molecular flexibility index (Phi) is 6.24. The molecule has 1 aromatic heterocycles. The van der Waals surface area contributed by atoms with Crippen LogP contribution in [0.5, 0.6) is 0 Å². The van der Waals surface area contributed by atoms with Crippen LogP contribution in [0, 0.1) is 5.82 Å². The van der Waals surface area contributed by atoms with Crippen molar-refractivity contribution in [2.45, 2.75) is 56.9 Å². The highest BCUT2D eigenvalue weighted by atomic mass is 19.4. The summed E-state index contributed by atoms with van der Waals surface area (Å²) in [5, 5.41) is 10.7. The van der Waals surface area contributed by atoms with Gasteiger partial charge in [-0.05, 0) is 69.2 Å². The molecule has 2 heterocycles. The molecule has 1 aliphatic rings. The highest BCUT2D eigenvalue weighted by Gasteiger charge is 2.41. The molecule has 1 aliphatic heterocycles. The summed E-state index contributed by atoms with van der Waals surface area (Å²) in [4.78, 5) is 13.0. The molecule has 0 spiro atoms. The Bertz CT molecular complexity index is 1160. The van der Waals surface area contributed by atoms with E-state index in [0.717, 1.165) is 17.8 Å². The molecule has 9 heteroatoms. The van der Waals surface area contributed by atoms with E-state index in [-0.39, 0.29) is 17.4 Å². The summed E-state index contributed by atoms with van der Waals surface area (Å²) in [6, 6.07) is 11.4. The average Bonchev–Trinajstić information content (AvgIpc) is 3.41. The van der Waals surface area contributed by atoms with Gasteiger partial charge in [-0.15, -0.1) is 0 Å². The molecule has 2 aromatic carbocycles. The molecule has 34 heavy (non-hydrogen) atoms. The van der Waals surface area contributed by atoms with Gasteiger partial charge in [0.15, 0.2) is 0 Å². The first-order valence-corrected chi connectivity index (χ1v) is 11.0. The summed E-state index contributed by atoms with van der Waals surface area (Å²) in [7, 11) is 0. The van der Waals surface area contributed by atoms with Crippen LogP contribution < -0.4 is 10.6 Å². The Hall–Kier alpha value is -3.20. The molecule has 5 nitrogen and oxygen atoms in total. The maximum Gasteiger partial charge on any atom is 0.416 e. The molecule has 1 fully saturated rings. The Morgan fingerprint density at radius 3 is 2.38 bits per heavy atom. The molecule has 0 saturated carbocycles. The van der Waals surface area contributed by atoms with Crippen LogP contribution in [0.25, 0.3) is 0 Å². The third-order valence-electron chi connectivity index (χ3n) is 5.96. The van der Waals surface area contributed by atoms with Crippen LogP contribution in [0.4, 0.5) is 23.2 Å². The van der Waals surface area contributed by atoms with E-state index in [1.54, 1.807) is 6.07 Å². The summed E-state index contributed by atoms with van der Waals surface area (Å²) in [5.41, 5.74) is 0.724. The van der Waals surface area contributed by atoms with Crippen LogP contribution in [0.2, 0.25) is 0 Å². The van der Waals surface area contributed by atoms with E-state index < -0.39 is 29.6 Å². The molecule has 1 saturated heterocycles. The van der Waals surface area contributed by atoms with Gasteiger partial charge in [0.1, 0.15) is 5.82 Å². The normalized spacial score (nSPS) is 21.0. The Morgan fingerprint density at radius 2 is 1.79 bits per heavy atom. The number of halogens is 4. The maximum absolute atomic E-state index is 13.5. The van der Waals surface area contributed by atoms with Gasteiger partial charge < -0.3 is 5.32 Å². The van der Waals surface area contributed by atoms with Gasteiger partial charge in [-0.2, -0.15) is 18.3 Å². The first kappa shape index (κ1) is 23.9.